The third kappa shape index (κ3) is 3.57. The monoisotopic (exact) mass is 314 g/mol. The van der Waals surface area contributed by atoms with E-state index in [0.29, 0.717) is 24.6 Å². The lowest BCUT2D eigenvalue weighted by Crippen LogP contribution is -2.36. The lowest BCUT2D eigenvalue weighted by atomic mass is 10.2. The van der Waals surface area contributed by atoms with E-state index < -0.39 is 0 Å². The quantitative estimate of drug-likeness (QED) is 0.910. The van der Waals surface area contributed by atoms with Gasteiger partial charge < -0.3 is 19.5 Å². The molecule has 0 aliphatic carbocycles. The molecule has 1 aliphatic heterocycles. The molecule has 0 aromatic carbocycles. The molecule has 0 spiro atoms. The molecule has 3 heterocycles. The van der Waals surface area contributed by atoms with Crippen molar-refractivity contribution in [3.63, 3.8) is 0 Å². The second-order valence-corrected chi connectivity index (χ2v) is 5.32. The summed E-state index contributed by atoms with van der Waals surface area (Å²) in [6, 6.07) is 6.57. The van der Waals surface area contributed by atoms with Crippen molar-refractivity contribution in [2.75, 3.05) is 36.5 Å². The fraction of sp³-hybridized carbons (Fsp3) is 0.312. The Morgan fingerprint density at radius 3 is 2.70 bits per heavy atom. The minimum Gasteiger partial charge on any atom is -0.378 e. The zero-order valence-electron chi connectivity index (χ0n) is 12.9. The van der Waals surface area contributed by atoms with Crippen LogP contribution in [0.3, 0.4) is 0 Å². The number of ether oxygens (including phenoxy) is 1. The number of amides is 1. The van der Waals surface area contributed by atoms with E-state index in [0.717, 1.165) is 18.8 Å². The second kappa shape index (κ2) is 6.62. The third-order valence-electron chi connectivity index (χ3n) is 3.73. The Morgan fingerprint density at radius 1 is 1.26 bits per heavy atom. The van der Waals surface area contributed by atoms with Gasteiger partial charge in [0, 0.05) is 38.0 Å². The highest BCUT2D eigenvalue weighted by Crippen LogP contribution is 2.16. The number of anilines is 2. The van der Waals surface area contributed by atoms with E-state index in [9.17, 15) is 9.59 Å². The molecular formula is C16H18N4O3. The molecule has 23 heavy (non-hydrogen) atoms. The summed E-state index contributed by atoms with van der Waals surface area (Å²) in [5.41, 5.74) is 1.08. The predicted octanol–water partition coefficient (Wildman–Crippen LogP) is 0.869. The zero-order valence-corrected chi connectivity index (χ0v) is 12.9. The average Bonchev–Trinajstić information content (AvgIpc) is 2.59. The van der Waals surface area contributed by atoms with E-state index >= 15 is 0 Å². The maximum absolute atomic E-state index is 12.1. The number of nitrogens with one attached hydrogen (secondary N) is 1. The second-order valence-electron chi connectivity index (χ2n) is 5.32. The van der Waals surface area contributed by atoms with Gasteiger partial charge in [-0.25, -0.2) is 4.98 Å². The molecule has 2 aromatic rings. The van der Waals surface area contributed by atoms with Gasteiger partial charge in [0.15, 0.2) is 0 Å². The first-order valence-corrected chi connectivity index (χ1v) is 7.40. The van der Waals surface area contributed by atoms with Gasteiger partial charge in [-0.2, -0.15) is 0 Å². The number of aryl methyl sites for hydroxylation is 1. The van der Waals surface area contributed by atoms with E-state index in [1.54, 1.807) is 31.6 Å². The minimum atomic E-state index is -0.352. The summed E-state index contributed by atoms with van der Waals surface area (Å²) in [5.74, 6) is 0.0991. The van der Waals surface area contributed by atoms with Crippen LogP contribution in [-0.2, 0) is 11.8 Å². The molecule has 0 atom stereocenters. The summed E-state index contributed by atoms with van der Waals surface area (Å²) < 4.78 is 6.73. The number of rotatable bonds is 3. The highest BCUT2D eigenvalue weighted by Gasteiger charge is 2.12. The van der Waals surface area contributed by atoms with Crippen molar-refractivity contribution in [2.24, 2.45) is 7.05 Å². The topological polar surface area (TPSA) is 76.5 Å². The highest BCUT2D eigenvalue weighted by molar-refractivity contribution is 6.03. The van der Waals surface area contributed by atoms with Crippen molar-refractivity contribution in [3.05, 3.63) is 52.6 Å². The van der Waals surface area contributed by atoms with Gasteiger partial charge >= 0.3 is 0 Å². The molecule has 1 aliphatic rings. The molecule has 3 rings (SSSR count). The molecule has 1 N–H and O–H groups in total. The van der Waals surface area contributed by atoms with Crippen LogP contribution >= 0.6 is 0 Å². The van der Waals surface area contributed by atoms with E-state index in [4.69, 9.17) is 4.74 Å². The largest absolute Gasteiger partial charge is 0.378 e. The number of carbonyl (C=O) groups excluding carboxylic acids is 1. The van der Waals surface area contributed by atoms with Crippen LogP contribution in [0, 0.1) is 0 Å². The number of nitrogens with zero attached hydrogens (tertiary/aromatic N) is 3. The van der Waals surface area contributed by atoms with E-state index in [-0.39, 0.29) is 11.5 Å². The molecule has 0 unspecified atom stereocenters. The first-order chi connectivity index (χ1) is 11.1. The van der Waals surface area contributed by atoms with Gasteiger partial charge in [0.1, 0.15) is 5.82 Å². The van der Waals surface area contributed by atoms with Gasteiger partial charge in [-0.15, -0.1) is 0 Å². The van der Waals surface area contributed by atoms with Crippen LogP contribution in [0.4, 0.5) is 11.5 Å². The van der Waals surface area contributed by atoms with Crippen LogP contribution < -0.4 is 15.8 Å². The molecule has 120 valence electrons. The fourth-order valence-electron chi connectivity index (χ4n) is 2.35. The van der Waals surface area contributed by atoms with Crippen LogP contribution in [0.2, 0.25) is 0 Å². The van der Waals surface area contributed by atoms with Crippen LogP contribution in [0.25, 0.3) is 0 Å². The Bertz CT molecular complexity index is 749. The summed E-state index contributed by atoms with van der Waals surface area (Å²) in [6.07, 6.45) is 3.29. The van der Waals surface area contributed by atoms with Crippen LogP contribution in [0.1, 0.15) is 10.4 Å². The highest BCUT2D eigenvalue weighted by atomic mass is 16.5. The van der Waals surface area contributed by atoms with Gasteiger partial charge in [-0.05, 0) is 18.2 Å². The molecule has 1 saturated heterocycles. The van der Waals surface area contributed by atoms with E-state index in [2.05, 4.69) is 15.2 Å². The Hall–Kier alpha value is -2.67. The summed E-state index contributed by atoms with van der Waals surface area (Å²) in [6.45, 7) is 3.09. The van der Waals surface area contributed by atoms with Crippen molar-refractivity contribution in [1.29, 1.82) is 0 Å². The summed E-state index contributed by atoms with van der Waals surface area (Å²) in [5, 5.41) is 2.69. The van der Waals surface area contributed by atoms with Gasteiger partial charge in [0.25, 0.3) is 11.5 Å². The number of aromatic nitrogens is 2. The van der Waals surface area contributed by atoms with Crippen molar-refractivity contribution < 1.29 is 9.53 Å². The normalized spacial score (nSPS) is 14.6. The van der Waals surface area contributed by atoms with Gasteiger partial charge in [0.05, 0.1) is 25.1 Å². The molecule has 0 bridgehead atoms. The number of carbonyl (C=O) groups is 1. The molecule has 1 amide bonds. The lowest BCUT2D eigenvalue weighted by Gasteiger charge is -2.28. The third-order valence-corrected chi connectivity index (χ3v) is 3.73. The summed E-state index contributed by atoms with van der Waals surface area (Å²) in [7, 11) is 1.63. The smallest absolute Gasteiger partial charge is 0.257 e. The molecule has 2 aromatic heterocycles. The van der Waals surface area contributed by atoms with Crippen molar-refractivity contribution in [1.82, 2.24) is 9.55 Å². The SMILES string of the molecule is Cn1ccc(C(=O)Nc2ccc(N3CCOCC3)cn2)cc1=O. The Balaban J connectivity index is 1.68. The number of hydrogen-bond donors (Lipinski definition) is 1. The first kappa shape index (κ1) is 15.2. The van der Waals surface area contributed by atoms with Crippen LogP contribution in [0.5, 0.6) is 0 Å². The minimum absolute atomic E-state index is 0.228. The van der Waals surface area contributed by atoms with Gasteiger partial charge in [-0.3, -0.25) is 9.59 Å². The Labute approximate surface area is 133 Å². The predicted molar refractivity (Wildman–Crippen MR) is 86.9 cm³/mol. The Morgan fingerprint density at radius 2 is 2.04 bits per heavy atom. The lowest BCUT2D eigenvalue weighted by molar-refractivity contribution is 0.102. The van der Waals surface area contributed by atoms with Gasteiger partial charge in [-0.1, -0.05) is 0 Å². The Kier molecular flexibility index (Phi) is 4.38. The molecule has 7 heteroatoms. The standard InChI is InChI=1S/C16H18N4O3/c1-19-5-4-12(10-15(19)21)16(22)18-14-3-2-13(11-17-14)20-6-8-23-9-7-20/h2-5,10-11H,6-9H2,1H3,(H,17,18,22). The summed E-state index contributed by atoms with van der Waals surface area (Å²) >= 11 is 0. The molecular weight excluding hydrogens is 296 g/mol. The maximum Gasteiger partial charge on any atom is 0.257 e. The molecule has 7 nitrogen and oxygen atoms in total. The zero-order chi connectivity index (χ0) is 16.2. The van der Waals surface area contributed by atoms with Crippen LogP contribution in [0.15, 0.2) is 41.5 Å². The maximum atomic E-state index is 12.1. The fourth-order valence-corrected chi connectivity index (χ4v) is 2.35. The number of morpholine rings is 1. The first-order valence-electron chi connectivity index (χ1n) is 7.40. The van der Waals surface area contributed by atoms with E-state index in [1.165, 1.54) is 10.6 Å². The molecule has 0 saturated carbocycles. The number of pyridine rings is 2. The van der Waals surface area contributed by atoms with Crippen molar-refractivity contribution in [3.8, 4) is 0 Å². The van der Waals surface area contributed by atoms with Crippen LogP contribution in [-0.4, -0.2) is 41.8 Å². The molecule has 0 radical (unpaired) electrons. The van der Waals surface area contributed by atoms with E-state index in [1.807, 2.05) is 6.07 Å². The molecule has 1 fully saturated rings. The number of hydrogen-bond acceptors (Lipinski definition) is 5. The van der Waals surface area contributed by atoms with Crippen molar-refractivity contribution >= 4 is 17.4 Å². The average molecular weight is 314 g/mol. The van der Waals surface area contributed by atoms with Crippen molar-refractivity contribution in [2.45, 2.75) is 0 Å². The van der Waals surface area contributed by atoms with Gasteiger partial charge in [0.2, 0.25) is 0 Å². The summed E-state index contributed by atoms with van der Waals surface area (Å²) in [4.78, 5) is 30.2.